The van der Waals surface area contributed by atoms with Gasteiger partial charge in [0.05, 0.1) is 5.75 Å². The molecule has 1 atom stereocenters. The van der Waals surface area contributed by atoms with Crippen molar-refractivity contribution in [2.24, 2.45) is 0 Å². The van der Waals surface area contributed by atoms with Crippen molar-refractivity contribution in [1.29, 1.82) is 0 Å². The van der Waals surface area contributed by atoms with E-state index in [1.54, 1.807) is 14.0 Å². The highest BCUT2D eigenvalue weighted by Crippen LogP contribution is 2.15. The summed E-state index contributed by atoms with van der Waals surface area (Å²) >= 11 is 0. The molecule has 0 saturated carbocycles. The molecule has 0 bridgehead atoms. The van der Waals surface area contributed by atoms with Crippen LogP contribution >= 0.6 is 0 Å². The van der Waals surface area contributed by atoms with Gasteiger partial charge in [0.25, 0.3) is 0 Å². The van der Waals surface area contributed by atoms with Crippen LogP contribution in [0.1, 0.15) is 24.1 Å². The van der Waals surface area contributed by atoms with E-state index in [4.69, 9.17) is 0 Å². The van der Waals surface area contributed by atoms with Gasteiger partial charge in [-0.05, 0) is 19.5 Å². The average Bonchev–Trinajstić information content (AvgIpc) is 2.27. The van der Waals surface area contributed by atoms with Gasteiger partial charge in [-0.3, -0.25) is 0 Å². The molecular weight excluding hydrogens is 222 g/mol. The molecule has 3 nitrogen and oxygen atoms in total. The molecule has 0 amide bonds. The van der Waals surface area contributed by atoms with Crippen molar-refractivity contribution >= 4 is 9.84 Å². The highest BCUT2D eigenvalue weighted by atomic mass is 32.2. The molecule has 0 heterocycles. The van der Waals surface area contributed by atoms with Gasteiger partial charge in [-0.25, -0.2) is 8.42 Å². The van der Waals surface area contributed by atoms with Crippen LogP contribution in [0, 0.1) is 6.92 Å². The normalized spacial score (nSPS) is 13.7. The van der Waals surface area contributed by atoms with Gasteiger partial charge in [-0.1, -0.05) is 36.8 Å². The fourth-order valence-corrected chi connectivity index (χ4v) is 2.62. The number of sulfone groups is 1. The fourth-order valence-electron chi connectivity index (χ4n) is 1.52. The summed E-state index contributed by atoms with van der Waals surface area (Å²) in [5.41, 5.74) is 2.20. The number of hydrogen-bond acceptors (Lipinski definition) is 3. The largest absolute Gasteiger partial charge is 0.312 e. The Labute approximate surface area is 97.8 Å². The summed E-state index contributed by atoms with van der Waals surface area (Å²) in [7, 11) is -1.16. The first-order valence-electron chi connectivity index (χ1n) is 5.42. The second kappa shape index (κ2) is 5.46. The summed E-state index contributed by atoms with van der Waals surface area (Å²) < 4.78 is 23.1. The van der Waals surface area contributed by atoms with E-state index in [1.807, 2.05) is 31.2 Å². The number of aryl methyl sites for hydroxylation is 1. The molecule has 4 heteroatoms. The molecule has 1 rings (SSSR count). The summed E-state index contributed by atoms with van der Waals surface area (Å²) in [4.78, 5) is 0. The Balaban J connectivity index is 2.87. The van der Waals surface area contributed by atoms with Gasteiger partial charge in [-0.15, -0.1) is 0 Å². The van der Waals surface area contributed by atoms with Gasteiger partial charge in [0.1, 0.15) is 0 Å². The maximum atomic E-state index is 11.6. The lowest BCUT2D eigenvalue weighted by Crippen LogP contribution is -2.26. The third-order valence-electron chi connectivity index (χ3n) is 2.69. The predicted molar refractivity (Wildman–Crippen MR) is 67.3 cm³/mol. The van der Waals surface area contributed by atoms with Gasteiger partial charge in [0, 0.05) is 11.8 Å². The number of benzene rings is 1. The molecular formula is C12H19NO2S. The lowest BCUT2D eigenvalue weighted by Gasteiger charge is -2.16. The molecule has 0 spiro atoms. The van der Waals surface area contributed by atoms with E-state index in [0.29, 0.717) is 0 Å². The highest BCUT2D eigenvalue weighted by Gasteiger charge is 2.17. The molecule has 0 aliphatic heterocycles. The molecule has 0 saturated heterocycles. The number of nitrogens with one attached hydrogen (secondary N) is 1. The summed E-state index contributed by atoms with van der Waals surface area (Å²) in [6.07, 6.45) is 0. The quantitative estimate of drug-likeness (QED) is 0.853. The second-order valence-electron chi connectivity index (χ2n) is 3.95. The summed E-state index contributed by atoms with van der Waals surface area (Å²) in [6, 6.07) is 7.82. The zero-order valence-corrected chi connectivity index (χ0v) is 10.8. The molecule has 16 heavy (non-hydrogen) atoms. The molecule has 1 aromatic carbocycles. The Kier molecular flexibility index (Phi) is 4.50. The van der Waals surface area contributed by atoms with Crippen LogP contribution < -0.4 is 5.32 Å². The van der Waals surface area contributed by atoms with Crippen LogP contribution in [-0.2, 0) is 9.84 Å². The molecule has 0 aliphatic rings. The molecule has 90 valence electrons. The zero-order chi connectivity index (χ0) is 12.2. The zero-order valence-electron chi connectivity index (χ0n) is 10.0. The van der Waals surface area contributed by atoms with Gasteiger partial charge in [-0.2, -0.15) is 0 Å². The first kappa shape index (κ1) is 13.2. The molecule has 0 aliphatic carbocycles. The minimum atomic E-state index is -2.95. The lowest BCUT2D eigenvalue weighted by molar-refractivity contribution is 0.575. The van der Waals surface area contributed by atoms with Crippen LogP contribution in [0.3, 0.4) is 0 Å². The highest BCUT2D eigenvalue weighted by molar-refractivity contribution is 7.91. The van der Waals surface area contributed by atoms with Gasteiger partial charge >= 0.3 is 0 Å². The Morgan fingerprint density at radius 1 is 1.25 bits per heavy atom. The second-order valence-corrected chi connectivity index (χ2v) is 6.35. The Morgan fingerprint density at radius 3 is 2.25 bits per heavy atom. The van der Waals surface area contributed by atoms with Crippen LogP contribution in [0.15, 0.2) is 24.3 Å². The first-order chi connectivity index (χ1) is 7.48. The van der Waals surface area contributed by atoms with E-state index in [9.17, 15) is 8.42 Å². The van der Waals surface area contributed by atoms with Crippen LogP contribution in [0.25, 0.3) is 0 Å². The van der Waals surface area contributed by atoms with E-state index in [0.717, 1.165) is 5.56 Å². The van der Waals surface area contributed by atoms with Gasteiger partial charge in [0.15, 0.2) is 9.84 Å². The van der Waals surface area contributed by atoms with E-state index in [1.165, 1.54) is 5.56 Å². The third-order valence-corrected chi connectivity index (χ3v) is 4.41. The van der Waals surface area contributed by atoms with Crippen molar-refractivity contribution in [3.63, 3.8) is 0 Å². The van der Waals surface area contributed by atoms with Crippen molar-refractivity contribution in [2.75, 3.05) is 18.6 Å². The van der Waals surface area contributed by atoms with E-state index < -0.39 is 9.84 Å². The monoisotopic (exact) mass is 241 g/mol. The summed E-state index contributed by atoms with van der Waals surface area (Å²) in [5.74, 6) is 0.347. The van der Waals surface area contributed by atoms with Crippen LogP contribution in [0.2, 0.25) is 0 Å². The van der Waals surface area contributed by atoms with Crippen LogP contribution in [-0.4, -0.2) is 27.0 Å². The average molecular weight is 241 g/mol. The fraction of sp³-hybridized carbons (Fsp3) is 0.500. The summed E-state index contributed by atoms with van der Waals surface area (Å²) in [5, 5.41) is 3.05. The smallest absolute Gasteiger partial charge is 0.151 e. The van der Waals surface area contributed by atoms with E-state index in [2.05, 4.69) is 5.32 Å². The predicted octanol–water partition coefficient (Wildman–Crippen LogP) is 1.69. The molecule has 0 radical (unpaired) electrons. The molecule has 0 fully saturated rings. The van der Waals surface area contributed by atoms with Crippen molar-refractivity contribution < 1.29 is 8.42 Å². The number of hydrogen-bond donors (Lipinski definition) is 1. The first-order valence-corrected chi connectivity index (χ1v) is 7.25. The van der Waals surface area contributed by atoms with E-state index >= 15 is 0 Å². The molecule has 1 unspecified atom stereocenters. The minimum Gasteiger partial charge on any atom is -0.312 e. The Morgan fingerprint density at radius 2 is 1.81 bits per heavy atom. The SMILES string of the molecule is CCS(=O)(=O)CC(NC)c1ccc(C)cc1. The maximum absolute atomic E-state index is 11.6. The van der Waals surface area contributed by atoms with Crippen LogP contribution in [0.4, 0.5) is 0 Å². The van der Waals surface area contributed by atoms with Gasteiger partial charge in [0.2, 0.25) is 0 Å². The molecule has 0 aromatic heterocycles. The van der Waals surface area contributed by atoms with E-state index in [-0.39, 0.29) is 17.5 Å². The Bertz CT molecular complexity index is 423. The van der Waals surface area contributed by atoms with Crippen molar-refractivity contribution in [2.45, 2.75) is 19.9 Å². The molecule has 1 N–H and O–H groups in total. The van der Waals surface area contributed by atoms with Crippen molar-refractivity contribution in [3.8, 4) is 0 Å². The molecule has 1 aromatic rings. The topological polar surface area (TPSA) is 46.2 Å². The van der Waals surface area contributed by atoms with Crippen molar-refractivity contribution in [3.05, 3.63) is 35.4 Å². The number of rotatable bonds is 5. The minimum absolute atomic E-state index is 0.120. The summed E-state index contributed by atoms with van der Waals surface area (Å²) in [6.45, 7) is 3.69. The maximum Gasteiger partial charge on any atom is 0.151 e. The lowest BCUT2D eigenvalue weighted by atomic mass is 10.1. The Hall–Kier alpha value is -0.870. The van der Waals surface area contributed by atoms with Crippen molar-refractivity contribution in [1.82, 2.24) is 5.32 Å². The third kappa shape index (κ3) is 3.61. The standard InChI is InChI=1S/C12H19NO2S/c1-4-16(14,15)9-12(13-3)11-7-5-10(2)6-8-11/h5-8,12-13H,4,9H2,1-3H3. The van der Waals surface area contributed by atoms with Crippen LogP contribution in [0.5, 0.6) is 0 Å². The van der Waals surface area contributed by atoms with Gasteiger partial charge < -0.3 is 5.32 Å².